The van der Waals surface area contributed by atoms with Crippen LogP contribution >= 0.6 is 0 Å². The molecule has 13 rings (SSSR count). The summed E-state index contributed by atoms with van der Waals surface area (Å²) < 4.78 is 0. The Morgan fingerprint density at radius 1 is 0.385 bits per heavy atom. The standard InChI is InChI=1S/C52H46/c1-50(2)42-14-8-5-11-37(42)41-28-34(21-22-44(41)50)32-17-19-33(20-18-32)40-29-46-47(38-12-6-9-15-43(38)51(46,3)4)48-39-13-7-10-16-45(39)52(49(40)48)35-24-30-23-31(26-35)27-36(52)25-30/h5-22,28-31,35-36H,23-27H2,1-4H3. The zero-order chi connectivity index (χ0) is 34.7. The molecule has 4 fully saturated rings. The second-order valence-corrected chi connectivity index (χ2v) is 18.5. The summed E-state index contributed by atoms with van der Waals surface area (Å²) in [6, 6.07) is 47.6. The molecule has 0 radical (unpaired) electrons. The van der Waals surface area contributed by atoms with Crippen LogP contribution in [0.4, 0.5) is 0 Å². The van der Waals surface area contributed by atoms with Gasteiger partial charge >= 0.3 is 0 Å². The maximum Gasteiger partial charge on any atom is 0.0278 e. The Bertz CT molecular complexity index is 2490. The summed E-state index contributed by atoms with van der Waals surface area (Å²) in [5, 5.41) is 0. The molecule has 0 atom stereocenters. The van der Waals surface area contributed by atoms with Crippen molar-refractivity contribution in [2.45, 2.75) is 76.0 Å². The molecular weight excluding hydrogens is 625 g/mol. The van der Waals surface area contributed by atoms with Crippen LogP contribution in [-0.2, 0) is 16.2 Å². The zero-order valence-electron chi connectivity index (χ0n) is 30.9. The molecule has 0 N–H and O–H groups in total. The highest BCUT2D eigenvalue weighted by Gasteiger charge is 2.63. The lowest BCUT2D eigenvalue weighted by Crippen LogP contribution is -2.55. The maximum atomic E-state index is 2.68. The number of hydrogen-bond acceptors (Lipinski definition) is 0. The highest BCUT2D eigenvalue weighted by Crippen LogP contribution is 2.72. The normalized spacial score (nSPS) is 26.8. The zero-order valence-corrected chi connectivity index (χ0v) is 30.9. The predicted molar refractivity (Wildman–Crippen MR) is 216 cm³/mol. The topological polar surface area (TPSA) is 0 Å². The SMILES string of the molecule is CC1(C)c2ccccc2-c2cc(-c3ccc(-c4cc5c(c6c4C4(c7ccccc7-6)C6CC7CC(C6)CC4C7)-c4ccccc4C5(C)C)cc3)ccc21. The average molecular weight is 671 g/mol. The number of fused-ring (bicyclic) bond motifs is 10. The molecule has 0 nitrogen and oxygen atoms in total. The van der Waals surface area contributed by atoms with Gasteiger partial charge in [-0.05, 0) is 157 Å². The largest absolute Gasteiger partial charge is 0.0619 e. The van der Waals surface area contributed by atoms with Crippen molar-refractivity contribution in [3.63, 3.8) is 0 Å². The van der Waals surface area contributed by atoms with Gasteiger partial charge in [-0.25, -0.2) is 0 Å². The first kappa shape index (κ1) is 29.9. The van der Waals surface area contributed by atoms with Crippen LogP contribution < -0.4 is 0 Å². The van der Waals surface area contributed by atoms with Crippen molar-refractivity contribution in [3.05, 3.63) is 155 Å². The molecule has 0 unspecified atom stereocenters. The Morgan fingerprint density at radius 3 is 1.56 bits per heavy atom. The lowest BCUT2D eigenvalue weighted by Gasteiger charge is -2.61. The molecule has 0 saturated heterocycles. The minimum atomic E-state index is -0.0567. The molecule has 0 heterocycles. The van der Waals surface area contributed by atoms with E-state index < -0.39 is 0 Å². The minimum Gasteiger partial charge on any atom is -0.0619 e. The summed E-state index contributed by atoms with van der Waals surface area (Å²) in [6.07, 6.45) is 7.07. The van der Waals surface area contributed by atoms with Crippen molar-refractivity contribution in [1.29, 1.82) is 0 Å². The molecule has 7 aliphatic carbocycles. The molecule has 0 aromatic heterocycles. The van der Waals surface area contributed by atoms with Crippen LogP contribution in [0.3, 0.4) is 0 Å². The van der Waals surface area contributed by atoms with Crippen molar-refractivity contribution in [2.24, 2.45) is 23.7 Å². The van der Waals surface area contributed by atoms with Crippen LogP contribution in [0.2, 0.25) is 0 Å². The summed E-state index contributed by atoms with van der Waals surface area (Å²) in [4.78, 5) is 0. The van der Waals surface area contributed by atoms with Crippen LogP contribution in [0.5, 0.6) is 0 Å². The second kappa shape index (κ2) is 9.84. The first-order valence-corrected chi connectivity index (χ1v) is 20.0. The molecule has 0 aliphatic heterocycles. The number of hydrogen-bond donors (Lipinski definition) is 0. The quantitative estimate of drug-likeness (QED) is 0.172. The second-order valence-electron chi connectivity index (χ2n) is 18.5. The Morgan fingerprint density at radius 2 is 0.885 bits per heavy atom. The molecule has 4 bridgehead atoms. The van der Waals surface area contributed by atoms with E-state index in [1.165, 1.54) is 104 Å². The predicted octanol–water partition coefficient (Wildman–Crippen LogP) is 13.4. The summed E-state index contributed by atoms with van der Waals surface area (Å²) >= 11 is 0. The van der Waals surface area contributed by atoms with E-state index in [9.17, 15) is 0 Å². The number of benzene rings is 6. The molecule has 6 aromatic carbocycles. The first-order chi connectivity index (χ1) is 25.3. The van der Waals surface area contributed by atoms with E-state index in [1.807, 2.05) is 0 Å². The van der Waals surface area contributed by atoms with Gasteiger partial charge in [-0.15, -0.1) is 0 Å². The molecule has 7 aliphatic rings. The molecular formula is C52H46. The van der Waals surface area contributed by atoms with E-state index in [4.69, 9.17) is 0 Å². The lowest BCUT2D eigenvalue weighted by molar-refractivity contribution is -0.0397. The van der Waals surface area contributed by atoms with Crippen LogP contribution in [-0.4, -0.2) is 0 Å². The minimum absolute atomic E-state index is 0.0289. The van der Waals surface area contributed by atoms with Gasteiger partial charge < -0.3 is 0 Å². The molecule has 254 valence electrons. The van der Waals surface area contributed by atoms with Crippen LogP contribution in [0.15, 0.2) is 121 Å². The fourth-order valence-electron chi connectivity index (χ4n) is 13.5. The van der Waals surface area contributed by atoms with Crippen molar-refractivity contribution < 1.29 is 0 Å². The van der Waals surface area contributed by atoms with Crippen molar-refractivity contribution in [2.75, 3.05) is 0 Å². The highest BCUT2D eigenvalue weighted by atomic mass is 14.7. The van der Waals surface area contributed by atoms with Crippen LogP contribution in [0.25, 0.3) is 55.6 Å². The fraction of sp³-hybridized carbons (Fsp3) is 0.308. The highest BCUT2D eigenvalue weighted by molar-refractivity contribution is 6.02. The third kappa shape index (κ3) is 3.51. The maximum absolute atomic E-state index is 2.68. The monoisotopic (exact) mass is 670 g/mol. The van der Waals surface area contributed by atoms with Crippen molar-refractivity contribution in [3.8, 4) is 55.6 Å². The van der Waals surface area contributed by atoms with E-state index in [-0.39, 0.29) is 16.2 Å². The summed E-state index contributed by atoms with van der Waals surface area (Å²) in [7, 11) is 0. The summed E-state index contributed by atoms with van der Waals surface area (Å²) in [5.41, 5.74) is 23.6. The van der Waals surface area contributed by atoms with Crippen molar-refractivity contribution >= 4 is 0 Å². The van der Waals surface area contributed by atoms with E-state index in [2.05, 4.69) is 149 Å². The summed E-state index contributed by atoms with van der Waals surface area (Å²) in [6.45, 7) is 9.67. The van der Waals surface area contributed by atoms with E-state index in [0.717, 1.165) is 23.7 Å². The van der Waals surface area contributed by atoms with Gasteiger partial charge in [0.15, 0.2) is 0 Å². The van der Waals surface area contributed by atoms with Gasteiger partial charge in [-0.2, -0.15) is 0 Å². The van der Waals surface area contributed by atoms with Gasteiger partial charge in [0.2, 0.25) is 0 Å². The lowest BCUT2D eigenvalue weighted by atomic mass is 9.42. The molecule has 6 aromatic rings. The number of rotatable bonds is 2. The molecule has 4 saturated carbocycles. The third-order valence-electron chi connectivity index (χ3n) is 15.5. The van der Waals surface area contributed by atoms with Crippen LogP contribution in [0.1, 0.15) is 93.2 Å². The van der Waals surface area contributed by atoms with Gasteiger partial charge in [0.25, 0.3) is 0 Å². The van der Waals surface area contributed by atoms with Gasteiger partial charge in [0.1, 0.15) is 0 Å². The Hall–Kier alpha value is -4.68. The Balaban J connectivity index is 1.08. The average Bonchev–Trinajstić information content (AvgIpc) is 3.68. The van der Waals surface area contributed by atoms with Crippen molar-refractivity contribution in [1.82, 2.24) is 0 Å². The molecule has 1 spiro atoms. The van der Waals surface area contributed by atoms with Crippen LogP contribution in [0, 0.1) is 23.7 Å². The van der Waals surface area contributed by atoms with E-state index in [1.54, 1.807) is 16.7 Å². The first-order valence-electron chi connectivity index (χ1n) is 20.0. The molecule has 0 heteroatoms. The molecule has 0 amide bonds. The van der Waals surface area contributed by atoms with Gasteiger partial charge in [0, 0.05) is 16.2 Å². The summed E-state index contributed by atoms with van der Waals surface area (Å²) in [5.74, 6) is 3.30. The van der Waals surface area contributed by atoms with E-state index in [0.29, 0.717) is 0 Å². The van der Waals surface area contributed by atoms with Gasteiger partial charge in [0.05, 0.1) is 0 Å². The van der Waals surface area contributed by atoms with Gasteiger partial charge in [-0.1, -0.05) is 137 Å². The third-order valence-corrected chi connectivity index (χ3v) is 15.5. The Labute approximate surface area is 309 Å². The molecule has 52 heavy (non-hydrogen) atoms. The fourth-order valence-corrected chi connectivity index (χ4v) is 13.5. The smallest absolute Gasteiger partial charge is 0.0278 e. The van der Waals surface area contributed by atoms with E-state index >= 15 is 0 Å². The van der Waals surface area contributed by atoms with Gasteiger partial charge in [-0.3, -0.25) is 0 Å². The Kier molecular flexibility index (Phi) is 5.65.